The highest BCUT2D eigenvalue weighted by atomic mass is 35.5. The lowest BCUT2D eigenvalue weighted by atomic mass is 10.2. The van der Waals surface area contributed by atoms with Crippen LogP contribution in [0, 0.1) is 10.1 Å². The van der Waals surface area contributed by atoms with Gasteiger partial charge in [-0.3, -0.25) is 14.9 Å². The number of nitrogens with zero attached hydrogens (tertiary/aromatic N) is 4. The van der Waals surface area contributed by atoms with Crippen molar-refractivity contribution in [3.8, 4) is 0 Å². The van der Waals surface area contributed by atoms with Gasteiger partial charge in [-0.2, -0.15) is 0 Å². The molecular weight excluding hydrogens is 345 g/mol. The Hall–Kier alpha value is -2.03. The summed E-state index contributed by atoms with van der Waals surface area (Å²) in [6, 6.07) is 0.982. The number of amides is 1. The van der Waals surface area contributed by atoms with Crippen molar-refractivity contribution in [2.45, 2.75) is 0 Å². The lowest BCUT2D eigenvalue weighted by Crippen LogP contribution is -2.14. The largest absolute Gasteiger partial charge is 0.317 e. The maximum Gasteiger partial charge on any atom is 0.288 e. The molecule has 0 radical (unpaired) electrons. The van der Waals surface area contributed by atoms with Gasteiger partial charge in [0.1, 0.15) is 23.4 Å². The highest BCUT2D eigenvalue weighted by Gasteiger charge is 2.19. The third-order valence-corrected chi connectivity index (χ3v) is 3.15. The molecule has 0 unspecified atom stereocenters. The van der Waals surface area contributed by atoms with Crippen LogP contribution in [0.25, 0.3) is 0 Å². The first-order valence-electron chi connectivity index (χ1n) is 5.17. The van der Waals surface area contributed by atoms with Crippen molar-refractivity contribution in [2.24, 2.45) is 0 Å². The maximum absolute atomic E-state index is 12.1. The molecule has 1 N–H and O–H groups in total. The summed E-state index contributed by atoms with van der Waals surface area (Å²) in [5.41, 5.74) is -0.624. The first kappa shape index (κ1) is 15.4. The predicted molar refractivity (Wildman–Crippen MR) is 75.9 cm³/mol. The van der Waals surface area contributed by atoms with E-state index >= 15 is 0 Å². The summed E-state index contributed by atoms with van der Waals surface area (Å²) < 4.78 is 0. The van der Waals surface area contributed by atoms with Crippen LogP contribution >= 0.6 is 34.8 Å². The van der Waals surface area contributed by atoms with Crippen molar-refractivity contribution in [1.29, 1.82) is 0 Å². The summed E-state index contributed by atoms with van der Waals surface area (Å²) >= 11 is 17.3. The minimum atomic E-state index is -0.783. The van der Waals surface area contributed by atoms with Crippen molar-refractivity contribution in [2.75, 3.05) is 5.32 Å². The lowest BCUT2D eigenvalue weighted by Gasteiger charge is -2.08. The van der Waals surface area contributed by atoms with Crippen molar-refractivity contribution in [3.63, 3.8) is 0 Å². The quantitative estimate of drug-likeness (QED) is 0.395. The second kappa shape index (κ2) is 6.17. The number of hydrogen-bond donors (Lipinski definition) is 1. The third kappa shape index (κ3) is 3.35. The van der Waals surface area contributed by atoms with E-state index in [0.29, 0.717) is 0 Å². The zero-order valence-electron chi connectivity index (χ0n) is 9.88. The summed E-state index contributed by atoms with van der Waals surface area (Å²) in [4.78, 5) is 32.9. The molecule has 0 bridgehead atoms. The second-order valence-electron chi connectivity index (χ2n) is 3.57. The van der Waals surface area contributed by atoms with E-state index in [4.69, 9.17) is 34.8 Å². The molecule has 0 fully saturated rings. The molecule has 108 valence electrons. The molecule has 8 nitrogen and oxygen atoms in total. The lowest BCUT2D eigenvalue weighted by molar-refractivity contribution is -0.385. The number of aromatic nitrogens is 3. The Kier molecular flexibility index (Phi) is 4.51. The molecule has 21 heavy (non-hydrogen) atoms. The molecule has 0 aliphatic carbocycles. The van der Waals surface area contributed by atoms with Gasteiger partial charge in [0.15, 0.2) is 10.3 Å². The Morgan fingerprint density at radius 3 is 2.33 bits per heavy atom. The fraction of sp³-hybridized carbons (Fsp3) is 0. The first-order chi connectivity index (χ1) is 9.90. The molecule has 0 spiro atoms. The molecule has 0 aliphatic heterocycles. The predicted octanol–water partition coefficient (Wildman–Crippen LogP) is 2.99. The number of pyridine rings is 1. The van der Waals surface area contributed by atoms with Gasteiger partial charge in [0.2, 0.25) is 0 Å². The third-order valence-electron chi connectivity index (χ3n) is 2.27. The van der Waals surface area contributed by atoms with Crippen LogP contribution in [0.3, 0.4) is 0 Å². The molecule has 2 rings (SSSR count). The molecular formula is C10H4Cl3N5O3. The van der Waals surface area contributed by atoms with Crippen molar-refractivity contribution >= 4 is 52.1 Å². The number of carbonyl (C=O) groups excluding carboxylic acids is 1. The van der Waals surface area contributed by atoms with Gasteiger partial charge in [-0.05, 0) is 0 Å². The SMILES string of the molecule is O=C(Nc1c(Cl)ncnc1Cl)c1cc([N+](=O)[O-])cnc1Cl. The average Bonchev–Trinajstić information content (AvgIpc) is 2.43. The molecule has 0 aromatic carbocycles. The van der Waals surface area contributed by atoms with Crippen LogP contribution in [0.2, 0.25) is 15.5 Å². The minimum absolute atomic E-state index is 0.0339. The van der Waals surface area contributed by atoms with Gasteiger partial charge >= 0.3 is 0 Å². The summed E-state index contributed by atoms with van der Waals surface area (Å²) in [5.74, 6) is -0.783. The standard InChI is InChI=1S/C10H4Cl3N5O3/c11-7-5(1-4(2-14-7)18(20)21)10(19)17-6-8(12)15-3-16-9(6)13/h1-3H,(H,17,19). The van der Waals surface area contributed by atoms with E-state index in [1.807, 2.05) is 0 Å². The Balaban J connectivity index is 2.37. The van der Waals surface area contributed by atoms with E-state index in [9.17, 15) is 14.9 Å². The van der Waals surface area contributed by atoms with Crippen molar-refractivity contribution in [1.82, 2.24) is 15.0 Å². The Morgan fingerprint density at radius 1 is 1.14 bits per heavy atom. The molecule has 1 amide bonds. The van der Waals surface area contributed by atoms with Gasteiger partial charge in [-0.1, -0.05) is 34.8 Å². The van der Waals surface area contributed by atoms with Crippen LogP contribution in [0.4, 0.5) is 11.4 Å². The van der Waals surface area contributed by atoms with Crippen LogP contribution in [0.5, 0.6) is 0 Å². The molecule has 0 atom stereocenters. The molecule has 2 heterocycles. The monoisotopic (exact) mass is 347 g/mol. The van der Waals surface area contributed by atoms with E-state index in [2.05, 4.69) is 20.3 Å². The van der Waals surface area contributed by atoms with Gasteiger partial charge < -0.3 is 5.32 Å². The number of rotatable bonds is 3. The van der Waals surface area contributed by atoms with E-state index in [0.717, 1.165) is 18.6 Å². The summed E-state index contributed by atoms with van der Waals surface area (Å²) in [5, 5.41) is 12.6. The molecule has 0 saturated heterocycles. The first-order valence-corrected chi connectivity index (χ1v) is 6.31. The molecule has 2 aromatic rings. The molecule has 0 saturated carbocycles. The van der Waals surface area contributed by atoms with Gasteiger partial charge in [0, 0.05) is 6.07 Å². The number of nitro groups is 1. The van der Waals surface area contributed by atoms with Crippen molar-refractivity contribution < 1.29 is 9.72 Å². The second-order valence-corrected chi connectivity index (χ2v) is 4.65. The molecule has 0 aliphatic rings. The van der Waals surface area contributed by atoms with Crippen molar-refractivity contribution in [3.05, 3.63) is 49.7 Å². The zero-order valence-corrected chi connectivity index (χ0v) is 12.1. The van der Waals surface area contributed by atoms with E-state index in [-0.39, 0.29) is 32.4 Å². The van der Waals surface area contributed by atoms with Gasteiger partial charge in [-0.15, -0.1) is 0 Å². The van der Waals surface area contributed by atoms with E-state index < -0.39 is 10.8 Å². The average molecular weight is 349 g/mol. The molecule has 2 aromatic heterocycles. The minimum Gasteiger partial charge on any atom is -0.317 e. The normalized spacial score (nSPS) is 10.2. The van der Waals surface area contributed by atoms with Gasteiger partial charge in [-0.25, -0.2) is 15.0 Å². The van der Waals surface area contributed by atoms with Gasteiger partial charge in [0.25, 0.3) is 11.6 Å². The number of hydrogen-bond acceptors (Lipinski definition) is 6. The summed E-state index contributed by atoms with van der Waals surface area (Å²) in [7, 11) is 0. The van der Waals surface area contributed by atoms with Crippen LogP contribution < -0.4 is 5.32 Å². The number of nitrogens with one attached hydrogen (secondary N) is 1. The van der Waals surface area contributed by atoms with E-state index in [1.165, 1.54) is 0 Å². The Morgan fingerprint density at radius 2 is 1.76 bits per heavy atom. The highest BCUT2D eigenvalue weighted by Crippen LogP contribution is 2.27. The Labute approximate surface area is 132 Å². The summed E-state index contributed by atoms with van der Waals surface area (Å²) in [6.45, 7) is 0. The fourth-order valence-corrected chi connectivity index (χ4v) is 1.92. The number of halogens is 3. The number of anilines is 1. The number of carbonyl (C=O) groups is 1. The highest BCUT2D eigenvalue weighted by molar-refractivity contribution is 6.39. The smallest absolute Gasteiger partial charge is 0.288 e. The van der Waals surface area contributed by atoms with E-state index in [1.54, 1.807) is 0 Å². The molecule has 11 heteroatoms. The topological polar surface area (TPSA) is 111 Å². The van der Waals surface area contributed by atoms with Crippen LogP contribution in [-0.2, 0) is 0 Å². The summed E-state index contributed by atoms with van der Waals surface area (Å²) in [6.07, 6.45) is 2.05. The fourth-order valence-electron chi connectivity index (χ4n) is 1.32. The maximum atomic E-state index is 12.1. The van der Waals surface area contributed by atoms with Crippen LogP contribution in [0.15, 0.2) is 18.6 Å². The van der Waals surface area contributed by atoms with Gasteiger partial charge in [0.05, 0.1) is 10.5 Å². The Bertz CT molecular complexity index is 720. The van der Waals surface area contributed by atoms with Crippen LogP contribution in [0.1, 0.15) is 10.4 Å². The van der Waals surface area contributed by atoms with Crippen LogP contribution in [-0.4, -0.2) is 25.8 Å². The zero-order chi connectivity index (χ0) is 15.6.